The number of benzene rings is 1. The second-order valence-electron chi connectivity index (χ2n) is 10.9. The highest BCUT2D eigenvalue weighted by Gasteiger charge is 2.38. The van der Waals surface area contributed by atoms with Crippen LogP contribution in [0.4, 0.5) is 4.39 Å². The zero-order valence-electron chi connectivity index (χ0n) is 21.7. The second-order valence-corrected chi connectivity index (χ2v) is 10.9. The Hall–Kier alpha value is -3.46. The molecule has 198 valence electrons. The fourth-order valence-electron chi connectivity index (χ4n) is 6.17. The van der Waals surface area contributed by atoms with Crippen molar-refractivity contribution in [3.05, 3.63) is 46.9 Å². The van der Waals surface area contributed by atoms with Gasteiger partial charge in [-0.05, 0) is 57.2 Å². The molecule has 1 aromatic carbocycles. The average molecular weight is 518 g/mol. The van der Waals surface area contributed by atoms with Crippen LogP contribution in [-0.2, 0) is 7.05 Å². The van der Waals surface area contributed by atoms with Crippen LogP contribution in [0.15, 0.2) is 35.4 Å². The Morgan fingerprint density at radius 2 is 1.97 bits per heavy atom. The van der Waals surface area contributed by atoms with Crippen molar-refractivity contribution in [2.45, 2.75) is 44.6 Å². The van der Waals surface area contributed by atoms with Crippen molar-refractivity contribution >= 4 is 21.9 Å². The number of aryl methyl sites for hydroxylation is 1. The summed E-state index contributed by atoms with van der Waals surface area (Å²) in [4.78, 5) is 24.8. The largest absolute Gasteiger partial charge is 0.490 e. The third-order valence-electron chi connectivity index (χ3n) is 8.35. The summed E-state index contributed by atoms with van der Waals surface area (Å²) >= 11 is 0. The molecule has 1 atom stereocenters. The highest BCUT2D eigenvalue weighted by atomic mass is 19.1. The highest BCUT2D eigenvalue weighted by Crippen LogP contribution is 2.47. The van der Waals surface area contributed by atoms with Gasteiger partial charge in [-0.25, -0.2) is 14.2 Å². The van der Waals surface area contributed by atoms with Gasteiger partial charge in [0.25, 0.3) is 0 Å². The summed E-state index contributed by atoms with van der Waals surface area (Å²) in [7, 11) is 1.76. The van der Waals surface area contributed by atoms with Crippen molar-refractivity contribution in [2.24, 2.45) is 13.0 Å². The quantitative estimate of drug-likeness (QED) is 0.331. The summed E-state index contributed by atoms with van der Waals surface area (Å²) in [6.07, 6.45) is 10.3. The number of rotatable bonds is 7. The van der Waals surface area contributed by atoms with Gasteiger partial charge < -0.3 is 14.4 Å². The molecule has 7 rings (SSSR count). The second kappa shape index (κ2) is 9.38. The molecule has 1 aliphatic carbocycles. The maximum Gasteiger partial charge on any atom is 0.329 e. The van der Waals surface area contributed by atoms with E-state index in [4.69, 9.17) is 9.47 Å². The molecule has 0 bridgehead atoms. The molecule has 1 unspecified atom stereocenters. The van der Waals surface area contributed by atoms with Gasteiger partial charge in [-0.1, -0.05) is 6.42 Å². The van der Waals surface area contributed by atoms with Crippen LogP contribution in [0.5, 0.6) is 11.6 Å². The molecular formula is C29H32FN5O3. The molecule has 0 spiro atoms. The van der Waals surface area contributed by atoms with Gasteiger partial charge in [-0.3, -0.25) is 14.1 Å². The molecule has 2 fully saturated rings. The zero-order chi connectivity index (χ0) is 25.8. The molecule has 3 aliphatic rings. The van der Waals surface area contributed by atoms with E-state index >= 15 is 4.39 Å². The Morgan fingerprint density at radius 1 is 1.13 bits per heavy atom. The number of imidazole rings is 1. The fourth-order valence-corrected chi connectivity index (χ4v) is 6.17. The molecule has 9 heteroatoms. The van der Waals surface area contributed by atoms with E-state index in [2.05, 4.69) is 14.9 Å². The SMILES string of the molecule is Cn1c(=O)n2c3c4c(c(-c5ccc(OCCCN6CCCCC6)nc5)c(F)cc4ncc31)OCC2C1CC1. The normalized spacial score (nSPS) is 19.7. The van der Waals surface area contributed by atoms with Crippen LogP contribution in [0.1, 0.15) is 44.6 Å². The van der Waals surface area contributed by atoms with Gasteiger partial charge in [-0.15, -0.1) is 0 Å². The maximum absolute atomic E-state index is 15.6. The number of ether oxygens (including phenoxy) is 2. The van der Waals surface area contributed by atoms with E-state index in [-0.39, 0.29) is 11.7 Å². The molecule has 2 aliphatic heterocycles. The van der Waals surface area contributed by atoms with E-state index in [1.54, 1.807) is 30.1 Å². The molecule has 4 aromatic rings. The average Bonchev–Trinajstić information content (AvgIpc) is 3.76. The summed E-state index contributed by atoms with van der Waals surface area (Å²) in [6.45, 7) is 4.30. The van der Waals surface area contributed by atoms with Crippen molar-refractivity contribution in [3.8, 4) is 22.8 Å². The van der Waals surface area contributed by atoms with Crippen molar-refractivity contribution in [1.29, 1.82) is 0 Å². The topological polar surface area (TPSA) is 74.4 Å². The zero-order valence-corrected chi connectivity index (χ0v) is 21.7. The van der Waals surface area contributed by atoms with Crippen LogP contribution in [0.25, 0.3) is 33.1 Å². The summed E-state index contributed by atoms with van der Waals surface area (Å²) < 4.78 is 31.4. The van der Waals surface area contributed by atoms with Crippen LogP contribution in [0, 0.1) is 11.7 Å². The number of halogens is 1. The number of likely N-dealkylation sites (tertiary alicyclic amines) is 1. The van der Waals surface area contributed by atoms with Gasteiger partial charge in [0.1, 0.15) is 18.2 Å². The number of hydrogen-bond acceptors (Lipinski definition) is 6. The van der Waals surface area contributed by atoms with Gasteiger partial charge in [0.05, 0.1) is 46.3 Å². The summed E-state index contributed by atoms with van der Waals surface area (Å²) in [5.41, 5.74) is 2.84. The van der Waals surface area contributed by atoms with E-state index in [1.165, 1.54) is 38.4 Å². The minimum atomic E-state index is -0.425. The van der Waals surface area contributed by atoms with Gasteiger partial charge in [0.2, 0.25) is 5.88 Å². The highest BCUT2D eigenvalue weighted by molar-refractivity contribution is 6.09. The minimum absolute atomic E-state index is 0.0843. The maximum atomic E-state index is 15.6. The van der Waals surface area contributed by atoms with E-state index in [0.29, 0.717) is 52.8 Å². The molecule has 38 heavy (non-hydrogen) atoms. The third kappa shape index (κ3) is 3.95. The van der Waals surface area contributed by atoms with Gasteiger partial charge >= 0.3 is 5.69 Å². The Kier molecular flexibility index (Phi) is 5.83. The molecule has 0 amide bonds. The van der Waals surface area contributed by atoms with Crippen molar-refractivity contribution in [3.63, 3.8) is 0 Å². The molecular weight excluding hydrogens is 485 g/mol. The number of pyridine rings is 2. The number of hydrogen-bond donors (Lipinski definition) is 0. The Morgan fingerprint density at radius 3 is 2.74 bits per heavy atom. The predicted octanol–water partition coefficient (Wildman–Crippen LogP) is 4.69. The van der Waals surface area contributed by atoms with Crippen LogP contribution in [0.2, 0.25) is 0 Å². The first-order valence-corrected chi connectivity index (χ1v) is 13.8. The Labute approximate surface area is 220 Å². The van der Waals surface area contributed by atoms with Crippen LogP contribution in [0.3, 0.4) is 0 Å². The molecule has 0 N–H and O–H groups in total. The van der Waals surface area contributed by atoms with E-state index < -0.39 is 5.82 Å². The standard InChI is InChI=1S/C29H32FN5O3/c1-33-22-16-31-21-14-20(30)25(28-26(21)27(22)35(29(33)36)23(17-38-28)18-6-7-18)19-8-9-24(32-15-19)37-13-5-12-34-10-3-2-4-11-34/h8-9,14-16,18,23H,2-7,10-13,17H2,1H3. The third-order valence-corrected chi connectivity index (χ3v) is 8.35. The first-order chi connectivity index (χ1) is 18.6. The van der Waals surface area contributed by atoms with Crippen molar-refractivity contribution < 1.29 is 13.9 Å². The predicted molar refractivity (Wildman–Crippen MR) is 143 cm³/mol. The van der Waals surface area contributed by atoms with E-state index in [9.17, 15) is 4.79 Å². The van der Waals surface area contributed by atoms with Gasteiger partial charge in [-0.2, -0.15) is 0 Å². The summed E-state index contributed by atoms with van der Waals surface area (Å²) in [5.74, 6) is 0.913. The smallest absolute Gasteiger partial charge is 0.329 e. The monoisotopic (exact) mass is 517 g/mol. The first kappa shape index (κ1) is 23.6. The lowest BCUT2D eigenvalue weighted by atomic mass is 10.0. The molecule has 1 saturated carbocycles. The van der Waals surface area contributed by atoms with Crippen LogP contribution < -0.4 is 15.2 Å². The Bertz CT molecular complexity index is 1570. The fraction of sp³-hybridized carbons (Fsp3) is 0.483. The molecule has 0 radical (unpaired) electrons. The summed E-state index contributed by atoms with van der Waals surface area (Å²) in [5, 5.41) is 0.679. The molecule has 5 heterocycles. The van der Waals surface area contributed by atoms with E-state index in [1.807, 2.05) is 10.6 Å². The van der Waals surface area contributed by atoms with Gasteiger partial charge in [0, 0.05) is 37.5 Å². The van der Waals surface area contributed by atoms with E-state index in [0.717, 1.165) is 36.8 Å². The van der Waals surface area contributed by atoms with Crippen molar-refractivity contribution in [2.75, 3.05) is 32.8 Å². The molecule has 8 nitrogen and oxygen atoms in total. The molecule has 3 aromatic heterocycles. The van der Waals surface area contributed by atoms with Crippen LogP contribution >= 0.6 is 0 Å². The lowest BCUT2D eigenvalue weighted by molar-refractivity contribution is 0.203. The molecule has 1 saturated heterocycles. The number of aromatic nitrogens is 4. The summed E-state index contributed by atoms with van der Waals surface area (Å²) in [6, 6.07) is 4.96. The first-order valence-electron chi connectivity index (χ1n) is 13.8. The van der Waals surface area contributed by atoms with Crippen molar-refractivity contribution in [1.82, 2.24) is 24.0 Å². The number of piperidine rings is 1. The number of nitrogens with zero attached hydrogens (tertiary/aromatic N) is 5. The Balaban J connectivity index is 1.22. The van der Waals surface area contributed by atoms with Crippen LogP contribution in [-0.4, -0.2) is 56.9 Å². The van der Waals surface area contributed by atoms with Gasteiger partial charge in [0.15, 0.2) is 0 Å². The lowest BCUT2D eigenvalue weighted by Crippen LogP contribution is -2.31. The lowest BCUT2D eigenvalue weighted by Gasteiger charge is -2.26. The minimum Gasteiger partial charge on any atom is -0.490 e.